The van der Waals surface area contributed by atoms with Crippen LogP contribution in [0.25, 0.3) is 22.3 Å². The smallest absolute Gasteiger partial charge is 0.145 e. The average molecular weight is 524 g/mol. The van der Waals surface area contributed by atoms with Gasteiger partial charge in [0, 0.05) is 42.5 Å². The first kappa shape index (κ1) is 23.6. The maximum Gasteiger partial charge on any atom is 0.145 e. The van der Waals surface area contributed by atoms with Crippen LogP contribution in [0.15, 0.2) is 72.4 Å². The zero-order valence-corrected chi connectivity index (χ0v) is 21.9. The van der Waals surface area contributed by atoms with Crippen LogP contribution in [0.2, 0.25) is 25.7 Å². The molecule has 0 saturated heterocycles. The summed E-state index contributed by atoms with van der Waals surface area (Å²) in [4.78, 5) is 9.09. The predicted octanol–water partition coefficient (Wildman–Crippen LogP) is 6.37. The van der Waals surface area contributed by atoms with E-state index in [0.29, 0.717) is 13.2 Å². The number of ether oxygens (including phenoxy) is 1. The molecule has 171 valence electrons. The van der Waals surface area contributed by atoms with Gasteiger partial charge in [-0.25, -0.2) is 9.97 Å². The van der Waals surface area contributed by atoms with Crippen molar-refractivity contribution in [2.45, 2.75) is 38.8 Å². The third-order valence-electron chi connectivity index (χ3n) is 5.41. The SMILES string of the molecule is C=CC[C](c1cccc(Br)c1)n1cc(-c2ncnc3c2ccn3COCC[Si](C)(C)C)cn1. The number of allylic oxidation sites excluding steroid dienone is 1. The van der Waals surface area contributed by atoms with E-state index in [2.05, 4.69) is 69.3 Å². The topological polar surface area (TPSA) is 57.8 Å². The maximum absolute atomic E-state index is 5.93. The van der Waals surface area contributed by atoms with Crippen molar-refractivity contribution in [1.29, 1.82) is 0 Å². The molecule has 33 heavy (non-hydrogen) atoms. The molecular weight excluding hydrogens is 494 g/mol. The van der Waals surface area contributed by atoms with Gasteiger partial charge in [0.25, 0.3) is 0 Å². The fourth-order valence-electron chi connectivity index (χ4n) is 3.62. The fraction of sp³-hybridized carbons (Fsp3) is 0.280. The van der Waals surface area contributed by atoms with E-state index >= 15 is 0 Å². The van der Waals surface area contributed by atoms with Gasteiger partial charge in [-0.15, -0.1) is 6.58 Å². The summed E-state index contributed by atoms with van der Waals surface area (Å²) >= 11 is 3.56. The average Bonchev–Trinajstić information content (AvgIpc) is 3.42. The number of nitrogens with zero attached hydrogens (tertiary/aromatic N) is 5. The van der Waals surface area contributed by atoms with Crippen LogP contribution in [0, 0.1) is 6.04 Å². The van der Waals surface area contributed by atoms with Gasteiger partial charge in [-0.1, -0.05) is 53.8 Å². The standard InChI is InChI=1S/C25H29BrN5OSi/c1-5-7-23(19-8-6-9-21(26)14-19)31-16-20(15-29-31)24-22-10-11-30(25(22)28-17-27-24)18-32-12-13-33(2,3)4/h5-6,8-11,14-17H,1,7,12-13,18H2,2-4H3. The summed E-state index contributed by atoms with van der Waals surface area (Å²) in [6.07, 6.45) is 10.1. The molecule has 0 atom stereocenters. The molecule has 0 unspecified atom stereocenters. The van der Waals surface area contributed by atoms with Gasteiger partial charge >= 0.3 is 0 Å². The Morgan fingerprint density at radius 1 is 1.21 bits per heavy atom. The Labute approximate surface area is 204 Å². The number of aromatic nitrogens is 5. The van der Waals surface area contributed by atoms with E-state index in [-0.39, 0.29) is 0 Å². The van der Waals surface area contributed by atoms with Gasteiger partial charge < -0.3 is 9.30 Å². The Balaban J connectivity index is 1.58. The van der Waals surface area contributed by atoms with Crippen LogP contribution in [0.3, 0.4) is 0 Å². The van der Waals surface area contributed by atoms with Gasteiger partial charge in [-0.2, -0.15) is 5.10 Å². The first-order valence-electron chi connectivity index (χ1n) is 11.0. The quantitative estimate of drug-likeness (QED) is 0.138. The van der Waals surface area contributed by atoms with Crippen LogP contribution >= 0.6 is 15.9 Å². The molecular formula is C25H29BrN5OSi. The highest BCUT2D eigenvalue weighted by Crippen LogP contribution is 2.29. The van der Waals surface area contributed by atoms with Gasteiger partial charge in [0.1, 0.15) is 24.7 Å². The fourth-order valence-corrected chi connectivity index (χ4v) is 4.78. The predicted molar refractivity (Wildman–Crippen MR) is 140 cm³/mol. The molecule has 4 rings (SSSR count). The van der Waals surface area contributed by atoms with Crippen LogP contribution in [0.1, 0.15) is 12.0 Å². The lowest BCUT2D eigenvalue weighted by molar-refractivity contribution is 0.0899. The van der Waals surface area contributed by atoms with Crippen molar-refractivity contribution in [3.8, 4) is 11.3 Å². The summed E-state index contributed by atoms with van der Waals surface area (Å²) < 4.78 is 10.9. The van der Waals surface area contributed by atoms with E-state index in [0.717, 1.165) is 51.0 Å². The molecule has 0 spiro atoms. The van der Waals surface area contributed by atoms with Gasteiger partial charge in [-0.3, -0.25) is 4.68 Å². The van der Waals surface area contributed by atoms with Crippen molar-refractivity contribution >= 4 is 35.0 Å². The summed E-state index contributed by atoms with van der Waals surface area (Å²) in [6, 6.07) is 12.5. The molecule has 3 heterocycles. The van der Waals surface area contributed by atoms with Crippen molar-refractivity contribution in [2.75, 3.05) is 6.61 Å². The highest BCUT2D eigenvalue weighted by molar-refractivity contribution is 9.10. The number of rotatable bonds is 10. The van der Waals surface area contributed by atoms with E-state index in [1.165, 1.54) is 0 Å². The summed E-state index contributed by atoms with van der Waals surface area (Å²) in [7, 11) is -1.11. The lowest BCUT2D eigenvalue weighted by Crippen LogP contribution is -2.22. The number of benzene rings is 1. The Morgan fingerprint density at radius 3 is 2.82 bits per heavy atom. The first-order chi connectivity index (χ1) is 15.9. The third kappa shape index (κ3) is 5.69. The lowest BCUT2D eigenvalue weighted by atomic mass is 10.0. The van der Waals surface area contributed by atoms with Crippen molar-refractivity contribution < 1.29 is 4.74 Å². The van der Waals surface area contributed by atoms with E-state index in [4.69, 9.17) is 4.74 Å². The van der Waals surface area contributed by atoms with Crippen LogP contribution < -0.4 is 0 Å². The van der Waals surface area contributed by atoms with Gasteiger partial charge in [0.05, 0.1) is 11.9 Å². The molecule has 0 aliphatic rings. The van der Waals surface area contributed by atoms with Gasteiger partial charge in [-0.05, 0) is 36.2 Å². The second kappa shape index (κ2) is 10.2. The number of hydrogen-bond acceptors (Lipinski definition) is 4. The lowest BCUT2D eigenvalue weighted by Gasteiger charge is -2.15. The summed E-state index contributed by atoms with van der Waals surface area (Å²) in [5, 5.41) is 5.63. The van der Waals surface area contributed by atoms with Crippen LogP contribution in [0.5, 0.6) is 0 Å². The van der Waals surface area contributed by atoms with Gasteiger partial charge in [0.2, 0.25) is 0 Å². The molecule has 0 bridgehead atoms. The highest BCUT2D eigenvalue weighted by Gasteiger charge is 2.18. The summed E-state index contributed by atoms with van der Waals surface area (Å²) in [5.74, 6) is 0. The Kier molecular flexibility index (Phi) is 7.26. The van der Waals surface area contributed by atoms with Crippen molar-refractivity contribution in [1.82, 2.24) is 24.3 Å². The number of fused-ring (bicyclic) bond motifs is 1. The highest BCUT2D eigenvalue weighted by atomic mass is 79.9. The van der Waals surface area contributed by atoms with Crippen molar-refractivity contribution in [2.24, 2.45) is 0 Å². The normalized spacial score (nSPS) is 12.0. The molecule has 1 radical (unpaired) electrons. The van der Waals surface area contributed by atoms with E-state index in [1.54, 1.807) is 6.33 Å². The zero-order valence-electron chi connectivity index (χ0n) is 19.3. The van der Waals surface area contributed by atoms with E-state index in [1.807, 2.05) is 52.1 Å². The molecule has 6 nitrogen and oxygen atoms in total. The van der Waals surface area contributed by atoms with Crippen LogP contribution in [0.4, 0.5) is 0 Å². The maximum atomic E-state index is 5.93. The second-order valence-electron chi connectivity index (χ2n) is 9.22. The van der Waals surface area contributed by atoms with E-state index in [9.17, 15) is 0 Å². The molecule has 1 aromatic carbocycles. The molecule has 0 aliphatic heterocycles. The van der Waals surface area contributed by atoms with E-state index < -0.39 is 8.07 Å². The molecule has 0 fully saturated rings. The third-order valence-corrected chi connectivity index (χ3v) is 7.61. The second-order valence-corrected chi connectivity index (χ2v) is 15.8. The minimum absolute atomic E-state index is 0.490. The molecule has 8 heteroatoms. The molecule has 3 aromatic heterocycles. The summed E-state index contributed by atoms with van der Waals surface area (Å²) in [6.45, 7) is 12.3. The molecule has 0 saturated carbocycles. The van der Waals surface area contributed by atoms with Crippen molar-refractivity contribution in [3.63, 3.8) is 0 Å². The monoisotopic (exact) mass is 522 g/mol. The van der Waals surface area contributed by atoms with Crippen LogP contribution in [-0.4, -0.2) is 39.0 Å². The Bertz CT molecular complexity index is 1240. The minimum atomic E-state index is -1.11. The first-order valence-corrected chi connectivity index (χ1v) is 15.5. The molecule has 0 amide bonds. The van der Waals surface area contributed by atoms with Crippen LogP contribution in [-0.2, 0) is 11.5 Å². The number of halogens is 1. The molecule has 0 aliphatic carbocycles. The molecule has 4 aromatic rings. The zero-order chi connectivity index (χ0) is 23.4. The Hall–Kier alpha value is -2.55. The van der Waals surface area contributed by atoms with Gasteiger partial charge in [0.15, 0.2) is 0 Å². The molecule has 0 N–H and O–H groups in total. The number of hydrogen-bond donors (Lipinski definition) is 0. The summed E-state index contributed by atoms with van der Waals surface area (Å²) in [5.41, 5.74) is 3.76. The largest absolute Gasteiger partial charge is 0.361 e. The van der Waals surface area contributed by atoms with Crippen molar-refractivity contribution in [3.05, 3.63) is 84.0 Å². The Morgan fingerprint density at radius 2 is 2.06 bits per heavy atom. The minimum Gasteiger partial charge on any atom is -0.361 e.